The van der Waals surface area contributed by atoms with Gasteiger partial charge >= 0.3 is 0 Å². The molecule has 4 aromatic rings. The van der Waals surface area contributed by atoms with Gasteiger partial charge < -0.3 is 4.90 Å². The molecule has 4 rings (SSSR count). The van der Waals surface area contributed by atoms with E-state index >= 15 is 0 Å². The minimum Gasteiger partial charge on any atom is -0.310 e. The van der Waals surface area contributed by atoms with E-state index in [-0.39, 0.29) is 0 Å². The van der Waals surface area contributed by atoms with E-state index in [0.29, 0.717) is 0 Å². The van der Waals surface area contributed by atoms with Crippen molar-refractivity contribution in [2.24, 2.45) is 0 Å². The lowest BCUT2D eigenvalue weighted by molar-refractivity contribution is 1.30. The van der Waals surface area contributed by atoms with Crippen molar-refractivity contribution in [2.45, 2.75) is 0 Å². The summed E-state index contributed by atoms with van der Waals surface area (Å²) < 4.78 is 0. The first-order valence-electron chi connectivity index (χ1n) is 7.97. The molecule has 0 N–H and O–H groups in total. The second-order valence-corrected chi connectivity index (χ2v) is 6.29. The van der Waals surface area contributed by atoms with E-state index < -0.39 is 0 Å². The van der Waals surface area contributed by atoms with Gasteiger partial charge in [-0.15, -0.1) is 0 Å². The van der Waals surface area contributed by atoms with Crippen molar-refractivity contribution >= 4 is 43.3 Å². The smallest absolute Gasteiger partial charge is 0.0711 e. The van der Waals surface area contributed by atoms with E-state index in [9.17, 15) is 0 Å². The molecule has 113 valence electrons. The van der Waals surface area contributed by atoms with Crippen molar-refractivity contribution < 1.29 is 0 Å². The zero-order chi connectivity index (χ0) is 16.4. The predicted molar refractivity (Wildman–Crippen MR) is 104 cm³/mol. The van der Waals surface area contributed by atoms with Crippen molar-refractivity contribution in [2.75, 3.05) is 4.90 Å². The van der Waals surface area contributed by atoms with Crippen LogP contribution in [0.1, 0.15) is 0 Å². The summed E-state index contributed by atoms with van der Waals surface area (Å²) in [6.07, 6.45) is 0. The van der Waals surface area contributed by atoms with Crippen LogP contribution in [0.25, 0.3) is 10.8 Å². The van der Waals surface area contributed by atoms with Crippen LogP contribution in [-0.2, 0) is 0 Å². The summed E-state index contributed by atoms with van der Waals surface area (Å²) in [7, 11) is 3.58. The fourth-order valence-electron chi connectivity index (χ4n) is 3.02. The Kier molecular flexibility index (Phi) is 3.89. The highest BCUT2D eigenvalue weighted by Gasteiger charge is 2.14. The predicted octanol–water partition coefficient (Wildman–Crippen LogP) is 5.10. The number of para-hydroxylation sites is 1. The standard InChI is InChI=1S/C22H16NSi/c24-20-15-13-19(14-16-20)23(18-9-2-1-3-10-18)22-12-6-8-17-7-4-5-11-21(17)22/h1-16H. The lowest BCUT2D eigenvalue weighted by Gasteiger charge is -2.27. The molecule has 1 nitrogen and oxygen atoms in total. The fraction of sp³-hybridized carbons (Fsp3) is 0. The molecule has 0 saturated carbocycles. The molecule has 2 heteroatoms. The van der Waals surface area contributed by atoms with E-state index in [2.05, 4.69) is 106 Å². The molecule has 24 heavy (non-hydrogen) atoms. The number of fused-ring (bicyclic) bond motifs is 1. The van der Waals surface area contributed by atoms with Crippen LogP contribution in [0.2, 0.25) is 0 Å². The molecule has 0 atom stereocenters. The van der Waals surface area contributed by atoms with Gasteiger partial charge in [-0.1, -0.05) is 71.9 Å². The number of benzene rings is 4. The van der Waals surface area contributed by atoms with Crippen LogP contribution in [0.15, 0.2) is 97.1 Å². The lowest BCUT2D eigenvalue weighted by atomic mass is 10.1. The van der Waals surface area contributed by atoms with Crippen molar-refractivity contribution in [3.8, 4) is 0 Å². The van der Waals surface area contributed by atoms with Gasteiger partial charge in [0.05, 0.1) is 15.9 Å². The van der Waals surface area contributed by atoms with Crippen molar-refractivity contribution in [3.63, 3.8) is 0 Å². The van der Waals surface area contributed by atoms with Gasteiger partial charge in [-0.25, -0.2) is 0 Å². The molecule has 0 amide bonds. The Morgan fingerprint density at radius 1 is 0.542 bits per heavy atom. The third-order valence-electron chi connectivity index (χ3n) is 4.15. The van der Waals surface area contributed by atoms with Crippen molar-refractivity contribution in [3.05, 3.63) is 97.1 Å². The van der Waals surface area contributed by atoms with E-state index in [1.54, 1.807) is 0 Å². The van der Waals surface area contributed by atoms with Gasteiger partial charge in [0.25, 0.3) is 0 Å². The zero-order valence-corrected chi connectivity index (χ0v) is 14.2. The molecule has 3 radical (unpaired) electrons. The molecule has 0 fully saturated rings. The van der Waals surface area contributed by atoms with Crippen molar-refractivity contribution in [1.29, 1.82) is 0 Å². The number of hydrogen-bond acceptors (Lipinski definition) is 1. The second-order valence-electron chi connectivity index (χ2n) is 5.72. The Labute approximate surface area is 145 Å². The number of hydrogen-bond donors (Lipinski definition) is 0. The fourth-order valence-corrected chi connectivity index (χ4v) is 3.18. The van der Waals surface area contributed by atoms with Gasteiger partial charge in [-0.05, 0) is 35.7 Å². The normalized spacial score (nSPS) is 10.7. The highest BCUT2D eigenvalue weighted by Crippen LogP contribution is 2.38. The maximum absolute atomic E-state index is 3.58. The Bertz CT molecular complexity index is 957. The first-order chi connectivity index (χ1) is 11.8. The molecule has 0 bridgehead atoms. The SMILES string of the molecule is [Si]c1ccc(N(c2ccccc2)c2cccc3ccccc23)cc1. The molecule has 0 aromatic heterocycles. The number of anilines is 3. The van der Waals surface area contributed by atoms with E-state index in [4.69, 9.17) is 0 Å². The molecule has 0 heterocycles. The highest BCUT2D eigenvalue weighted by molar-refractivity contribution is 6.32. The molecule has 0 spiro atoms. The largest absolute Gasteiger partial charge is 0.310 e. The summed E-state index contributed by atoms with van der Waals surface area (Å²) in [6, 6.07) is 33.9. The van der Waals surface area contributed by atoms with Crippen LogP contribution in [0.3, 0.4) is 0 Å². The summed E-state index contributed by atoms with van der Waals surface area (Å²) in [5.74, 6) is 0. The summed E-state index contributed by atoms with van der Waals surface area (Å²) in [6.45, 7) is 0. The minimum absolute atomic E-state index is 1.07. The third-order valence-corrected chi connectivity index (χ3v) is 4.48. The molecule has 4 aromatic carbocycles. The van der Waals surface area contributed by atoms with Crippen LogP contribution < -0.4 is 10.1 Å². The Balaban J connectivity index is 1.97. The van der Waals surface area contributed by atoms with E-state index in [0.717, 1.165) is 16.6 Å². The minimum atomic E-state index is 1.07. The van der Waals surface area contributed by atoms with Gasteiger partial charge in [-0.2, -0.15) is 0 Å². The summed E-state index contributed by atoms with van der Waals surface area (Å²) in [5.41, 5.74) is 3.47. The summed E-state index contributed by atoms with van der Waals surface area (Å²) >= 11 is 0. The first kappa shape index (κ1) is 14.7. The van der Waals surface area contributed by atoms with Gasteiger partial charge in [-0.3, -0.25) is 0 Å². The number of rotatable bonds is 3. The topological polar surface area (TPSA) is 3.24 Å². The Morgan fingerprint density at radius 2 is 1.17 bits per heavy atom. The van der Waals surface area contributed by atoms with Gasteiger partial charge in [0.15, 0.2) is 0 Å². The van der Waals surface area contributed by atoms with Crippen LogP contribution in [0, 0.1) is 0 Å². The third kappa shape index (κ3) is 2.72. The zero-order valence-electron chi connectivity index (χ0n) is 13.2. The molecule has 0 aliphatic carbocycles. The van der Waals surface area contributed by atoms with Gasteiger partial charge in [0.2, 0.25) is 0 Å². The van der Waals surface area contributed by atoms with Crippen LogP contribution in [0.4, 0.5) is 17.1 Å². The highest BCUT2D eigenvalue weighted by atomic mass is 28.1. The van der Waals surface area contributed by atoms with Gasteiger partial charge in [0.1, 0.15) is 0 Å². The average Bonchev–Trinajstić information content (AvgIpc) is 2.65. The van der Waals surface area contributed by atoms with Crippen LogP contribution in [0.5, 0.6) is 0 Å². The van der Waals surface area contributed by atoms with E-state index in [1.807, 2.05) is 6.07 Å². The quantitative estimate of drug-likeness (QED) is 0.474. The molecular weight excluding hydrogens is 306 g/mol. The molecule has 0 aliphatic rings. The molecule has 0 saturated heterocycles. The Morgan fingerprint density at radius 3 is 1.96 bits per heavy atom. The van der Waals surface area contributed by atoms with Crippen molar-refractivity contribution in [1.82, 2.24) is 0 Å². The second kappa shape index (κ2) is 6.34. The molecule has 0 aliphatic heterocycles. The molecular formula is C22H16NSi. The monoisotopic (exact) mass is 322 g/mol. The number of nitrogens with zero attached hydrogens (tertiary/aromatic N) is 1. The Hall–Kier alpha value is -2.84. The average molecular weight is 322 g/mol. The molecule has 0 unspecified atom stereocenters. The lowest BCUT2D eigenvalue weighted by Crippen LogP contribution is -2.11. The van der Waals surface area contributed by atoms with Crippen LogP contribution in [-0.4, -0.2) is 10.2 Å². The van der Waals surface area contributed by atoms with E-state index in [1.165, 1.54) is 16.5 Å². The maximum Gasteiger partial charge on any atom is 0.0711 e. The first-order valence-corrected chi connectivity index (χ1v) is 8.47. The van der Waals surface area contributed by atoms with Crippen LogP contribution >= 0.6 is 0 Å². The summed E-state index contributed by atoms with van der Waals surface area (Å²) in [5, 5.41) is 3.56. The van der Waals surface area contributed by atoms with Gasteiger partial charge in [0, 0.05) is 16.8 Å². The summed E-state index contributed by atoms with van der Waals surface area (Å²) in [4.78, 5) is 2.30. The maximum atomic E-state index is 3.58.